The minimum Gasteiger partial charge on any atom is -0.307 e. The SMILES string of the molecule is CC1CCCC(C)N1NC(=O)c1ccc(NN)nn1. The summed E-state index contributed by atoms with van der Waals surface area (Å²) in [5.74, 6) is 5.39. The van der Waals surface area contributed by atoms with Crippen molar-refractivity contribution in [2.45, 2.75) is 45.2 Å². The summed E-state index contributed by atoms with van der Waals surface area (Å²) in [5, 5.41) is 9.62. The molecule has 104 valence electrons. The van der Waals surface area contributed by atoms with Crippen LogP contribution in [0.3, 0.4) is 0 Å². The zero-order valence-electron chi connectivity index (χ0n) is 11.3. The van der Waals surface area contributed by atoms with Gasteiger partial charge >= 0.3 is 0 Å². The van der Waals surface area contributed by atoms with Crippen molar-refractivity contribution in [2.24, 2.45) is 5.84 Å². The van der Waals surface area contributed by atoms with E-state index in [2.05, 4.69) is 34.9 Å². The largest absolute Gasteiger partial charge is 0.307 e. The second kappa shape index (κ2) is 5.94. The van der Waals surface area contributed by atoms with Gasteiger partial charge in [-0.2, -0.15) is 0 Å². The van der Waals surface area contributed by atoms with Crippen LogP contribution in [0.5, 0.6) is 0 Å². The summed E-state index contributed by atoms with van der Waals surface area (Å²) in [5.41, 5.74) is 5.57. The van der Waals surface area contributed by atoms with Gasteiger partial charge < -0.3 is 5.43 Å². The number of carbonyl (C=O) groups excluding carboxylic acids is 1. The molecule has 2 rings (SSSR count). The Morgan fingerprint density at radius 1 is 1.32 bits per heavy atom. The third kappa shape index (κ3) is 3.18. The fraction of sp³-hybridized carbons (Fsp3) is 0.583. The van der Waals surface area contributed by atoms with Gasteiger partial charge in [0.2, 0.25) is 0 Å². The quantitative estimate of drug-likeness (QED) is 0.548. The van der Waals surface area contributed by atoms with Gasteiger partial charge in [0, 0.05) is 12.1 Å². The Hall–Kier alpha value is -1.73. The molecule has 7 heteroatoms. The van der Waals surface area contributed by atoms with Crippen molar-refractivity contribution in [3.8, 4) is 0 Å². The zero-order chi connectivity index (χ0) is 13.8. The first-order valence-corrected chi connectivity index (χ1v) is 6.51. The number of nitrogens with two attached hydrogens (primary N) is 1. The lowest BCUT2D eigenvalue weighted by Gasteiger charge is -2.38. The minimum absolute atomic E-state index is 0.239. The van der Waals surface area contributed by atoms with E-state index >= 15 is 0 Å². The topological polar surface area (TPSA) is 96.2 Å². The number of aromatic nitrogens is 2. The van der Waals surface area contributed by atoms with E-state index in [1.807, 2.05) is 5.01 Å². The molecule has 2 unspecified atom stereocenters. The van der Waals surface area contributed by atoms with Crippen molar-refractivity contribution in [2.75, 3.05) is 5.43 Å². The molecule has 0 saturated carbocycles. The summed E-state index contributed by atoms with van der Waals surface area (Å²) < 4.78 is 0. The first-order chi connectivity index (χ1) is 9.11. The van der Waals surface area contributed by atoms with E-state index < -0.39 is 0 Å². The number of carbonyl (C=O) groups is 1. The Kier molecular flexibility index (Phi) is 4.28. The first-order valence-electron chi connectivity index (χ1n) is 6.51. The molecule has 0 bridgehead atoms. The molecular weight excluding hydrogens is 244 g/mol. The van der Waals surface area contributed by atoms with Crippen LogP contribution >= 0.6 is 0 Å². The molecule has 1 aromatic rings. The summed E-state index contributed by atoms with van der Waals surface area (Å²) in [6.07, 6.45) is 3.38. The van der Waals surface area contributed by atoms with Gasteiger partial charge in [-0.15, -0.1) is 10.2 Å². The number of nitrogens with zero attached hydrogens (tertiary/aromatic N) is 3. The third-order valence-corrected chi connectivity index (χ3v) is 3.47. The maximum atomic E-state index is 12.1. The van der Waals surface area contributed by atoms with Crippen LogP contribution in [0.1, 0.15) is 43.6 Å². The van der Waals surface area contributed by atoms with Crippen molar-refractivity contribution in [1.29, 1.82) is 0 Å². The first kappa shape index (κ1) is 13.7. The molecule has 2 atom stereocenters. The van der Waals surface area contributed by atoms with Gasteiger partial charge in [-0.3, -0.25) is 10.2 Å². The normalized spacial score (nSPS) is 23.9. The molecular formula is C12H20N6O. The van der Waals surface area contributed by atoms with Crippen molar-refractivity contribution in [3.63, 3.8) is 0 Å². The van der Waals surface area contributed by atoms with Crippen LogP contribution in [0, 0.1) is 0 Å². The van der Waals surface area contributed by atoms with Crippen LogP contribution in [-0.2, 0) is 0 Å². The van der Waals surface area contributed by atoms with Crippen LogP contribution in [0.25, 0.3) is 0 Å². The fourth-order valence-electron chi connectivity index (χ4n) is 2.35. The summed E-state index contributed by atoms with van der Waals surface area (Å²) in [6, 6.07) is 3.89. The minimum atomic E-state index is -0.239. The molecule has 0 aliphatic carbocycles. The molecule has 1 aliphatic heterocycles. The highest BCUT2D eigenvalue weighted by Gasteiger charge is 2.26. The predicted octanol–water partition coefficient (Wildman–Crippen LogP) is 0.670. The maximum absolute atomic E-state index is 12.1. The molecule has 1 aromatic heterocycles. The third-order valence-electron chi connectivity index (χ3n) is 3.47. The predicted molar refractivity (Wildman–Crippen MR) is 71.9 cm³/mol. The number of piperidine rings is 1. The Bertz CT molecular complexity index is 424. The summed E-state index contributed by atoms with van der Waals surface area (Å²) in [7, 11) is 0. The molecule has 19 heavy (non-hydrogen) atoms. The number of hydrazine groups is 2. The molecule has 0 aromatic carbocycles. The lowest BCUT2D eigenvalue weighted by molar-refractivity contribution is 0.0365. The molecule has 1 fully saturated rings. The van der Waals surface area contributed by atoms with Crippen molar-refractivity contribution in [3.05, 3.63) is 17.8 Å². The summed E-state index contributed by atoms with van der Waals surface area (Å²) in [6.45, 7) is 4.23. The lowest BCUT2D eigenvalue weighted by atomic mass is 10.00. The van der Waals surface area contributed by atoms with E-state index in [1.165, 1.54) is 6.42 Å². The van der Waals surface area contributed by atoms with Gasteiger partial charge in [0.25, 0.3) is 5.91 Å². The molecule has 1 aliphatic rings. The lowest BCUT2D eigenvalue weighted by Crippen LogP contribution is -2.54. The zero-order valence-corrected chi connectivity index (χ0v) is 11.3. The van der Waals surface area contributed by atoms with E-state index in [1.54, 1.807) is 12.1 Å². The van der Waals surface area contributed by atoms with Gasteiger partial charge in [-0.25, -0.2) is 10.9 Å². The highest BCUT2D eigenvalue weighted by atomic mass is 16.2. The standard InChI is InChI=1S/C12H20N6O/c1-8-4-3-5-9(2)18(8)17-12(19)10-6-7-11(14-13)16-15-10/h6-9H,3-5,13H2,1-2H3,(H,14,16)(H,17,19). The van der Waals surface area contributed by atoms with E-state index in [0.717, 1.165) is 12.8 Å². The Labute approximate surface area is 112 Å². The number of hydrogen-bond donors (Lipinski definition) is 3. The van der Waals surface area contributed by atoms with Crippen LogP contribution in [0.2, 0.25) is 0 Å². The van der Waals surface area contributed by atoms with Gasteiger partial charge in [-0.05, 0) is 38.8 Å². The number of amides is 1. The van der Waals surface area contributed by atoms with Crippen LogP contribution in [-0.4, -0.2) is 33.2 Å². The van der Waals surface area contributed by atoms with Gasteiger partial charge in [0.1, 0.15) is 0 Å². The van der Waals surface area contributed by atoms with Crippen molar-refractivity contribution < 1.29 is 4.79 Å². The van der Waals surface area contributed by atoms with E-state index in [-0.39, 0.29) is 11.6 Å². The number of anilines is 1. The second-order valence-electron chi connectivity index (χ2n) is 4.93. The number of hydrogen-bond acceptors (Lipinski definition) is 6. The van der Waals surface area contributed by atoms with Gasteiger partial charge in [0.05, 0.1) is 0 Å². The molecule has 1 saturated heterocycles. The molecule has 1 amide bonds. The molecule has 7 nitrogen and oxygen atoms in total. The average Bonchev–Trinajstić information content (AvgIpc) is 2.43. The van der Waals surface area contributed by atoms with Gasteiger partial charge in [0.15, 0.2) is 11.5 Å². The Balaban J connectivity index is 2.02. The van der Waals surface area contributed by atoms with E-state index in [9.17, 15) is 4.79 Å². The number of rotatable bonds is 3. The van der Waals surface area contributed by atoms with E-state index in [0.29, 0.717) is 17.9 Å². The van der Waals surface area contributed by atoms with Crippen molar-refractivity contribution in [1.82, 2.24) is 20.6 Å². The number of nitrogens with one attached hydrogen (secondary N) is 2. The van der Waals surface area contributed by atoms with Gasteiger partial charge in [-0.1, -0.05) is 6.42 Å². The maximum Gasteiger partial charge on any atom is 0.286 e. The molecule has 4 N–H and O–H groups in total. The summed E-state index contributed by atoms with van der Waals surface area (Å²) in [4.78, 5) is 12.1. The smallest absolute Gasteiger partial charge is 0.286 e. The Morgan fingerprint density at radius 2 is 2.00 bits per heavy atom. The average molecular weight is 264 g/mol. The van der Waals surface area contributed by atoms with Crippen LogP contribution in [0.4, 0.5) is 5.82 Å². The molecule has 0 spiro atoms. The summed E-state index contributed by atoms with van der Waals surface area (Å²) >= 11 is 0. The van der Waals surface area contributed by atoms with E-state index in [4.69, 9.17) is 5.84 Å². The highest BCUT2D eigenvalue weighted by Crippen LogP contribution is 2.20. The number of nitrogen functional groups attached to an aromatic ring is 1. The van der Waals surface area contributed by atoms with Crippen LogP contribution in [0.15, 0.2) is 12.1 Å². The molecule has 2 heterocycles. The van der Waals surface area contributed by atoms with Crippen LogP contribution < -0.4 is 16.7 Å². The fourth-order valence-corrected chi connectivity index (χ4v) is 2.35. The molecule has 0 radical (unpaired) electrons. The Morgan fingerprint density at radius 3 is 2.53 bits per heavy atom. The second-order valence-corrected chi connectivity index (χ2v) is 4.93. The van der Waals surface area contributed by atoms with Crippen molar-refractivity contribution >= 4 is 11.7 Å². The monoisotopic (exact) mass is 264 g/mol. The highest BCUT2D eigenvalue weighted by molar-refractivity contribution is 5.91.